The molecular weight excluding hydrogens is 609 g/mol. The first kappa shape index (κ1) is 30.8. The van der Waals surface area contributed by atoms with Crippen LogP contribution in [0.25, 0.3) is 22.2 Å². The summed E-state index contributed by atoms with van der Waals surface area (Å²) in [6.07, 6.45) is 1.50. The number of aromatic nitrogens is 3. The molecule has 3 aromatic carbocycles. The van der Waals surface area contributed by atoms with E-state index in [1.165, 1.54) is 29.8 Å². The van der Waals surface area contributed by atoms with E-state index in [0.29, 0.717) is 34.4 Å². The number of nitrogens with one attached hydrogen (secondary N) is 2. The van der Waals surface area contributed by atoms with E-state index in [9.17, 15) is 12.8 Å². The molecule has 0 spiro atoms. The first-order valence-corrected chi connectivity index (χ1v) is 16.7. The highest BCUT2D eigenvalue weighted by Crippen LogP contribution is 2.33. The zero-order valence-electron chi connectivity index (χ0n) is 23.8. The van der Waals surface area contributed by atoms with Gasteiger partial charge in [-0.1, -0.05) is 29.8 Å². The number of benzene rings is 3. The van der Waals surface area contributed by atoms with Gasteiger partial charge in [-0.3, -0.25) is 0 Å². The molecule has 0 aliphatic heterocycles. The number of nitrogens with zero attached hydrogens (tertiary/aromatic N) is 3. The highest BCUT2D eigenvalue weighted by Gasteiger charge is 2.18. The Kier molecular flexibility index (Phi) is 9.55. The second-order valence-electron chi connectivity index (χ2n) is 10.3. The van der Waals surface area contributed by atoms with Crippen LogP contribution in [0.4, 0.5) is 15.9 Å². The van der Waals surface area contributed by atoms with Crippen LogP contribution in [0.2, 0.25) is 5.02 Å². The van der Waals surface area contributed by atoms with Crippen LogP contribution in [0.1, 0.15) is 37.4 Å². The number of hydrogen-bond acceptors (Lipinski definition) is 9. The zero-order chi connectivity index (χ0) is 30.6. The van der Waals surface area contributed by atoms with E-state index >= 15 is 0 Å². The summed E-state index contributed by atoms with van der Waals surface area (Å²) in [7, 11) is -3.10. The van der Waals surface area contributed by atoms with E-state index in [-0.39, 0.29) is 24.2 Å². The summed E-state index contributed by atoms with van der Waals surface area (Å²) in [6, 6.07) is 17.3. The minimum Gasteiger partial charge on any atom is -0.487 e. The van der Waals surface area contributed by atoms with Crippen LogP contribution >= 0.6 is 22.9 Å². The average Bonchev–Trinajstić information content (AvgIpc) is 3.47. The SMILES string of the molecule is CC(NCCS(=O)(=O)C(C)C)c1nc(-c2ccc3ncnc(Nc4ccc(OCc5cccc(F)c5)c(Cl)c4)c3c2)cs1. The number of anilines is 2. The normalized spacial score (nSPS) is 12.5. The Morgan fingerprint density at radius 1 is 1.05 bits per heavy atom. The van der Waals surface area contributed by atoms with Gasteiger partial charge in [-0.2, -0.15) is 0 Å². The van der Waals surface area contributed by atoms with Gasteiger partial charge >= 0.3 is 0 Å². The molecule has 12 heteroatoms. The highest BCUT2D eigenvalue weighted by atomic mass is 35.5. The van der Waals surface area contributed by atoms with Crippen LogP contribution in [0.5, 0.6) is 5.75 Å². The number of halogens is 2. The fourth-order valence-electron chi connectivity index (χ4n) is 4.30. The molecule has 0 saturated carbocycles. The van der Waals surface area contributed by atoms with Crippen LogP contribution in [-0.4, -0.2) is 40.9 Å². The number of rotatable bonds is 12. The summed E-state index contributed by atoms with van der Waals surface area (Å²) in [6.45, 7) is 5.92. The van der Waals surface area contributed by atoms with Crippen molar-refractivity contribution in [1.29, 1.82) is 0 Å². The van der Waals surface area contributed by atoms with E-state index in [0.717, 1.165) is 27.2 Å². The molecule has 5 aromatic rings. The third-order valence-electron chi connectivity index (χ3n) is 6.86. The third-order valence-corrected chi connectivity index (χ3v) is 10.4. The Balaban J connectivity index is 1.29. The van der Waals surface area contributed by atoms with Gasteiger partial charge < -0.3 is 15.4 Å². The van der Waals surface area contributed by atoms with E-state index in [2.05, 4.69) is 20.6 Å². The Labute approximate surface area is 259 Å². The van der Waals surface area contributed by atoms with Crippen LogP contribution in [-0.2, 0) is 16.4 Å². The van der Waals surface area contributed by atoms with E-state index in [1.54, 1.807) is 38.1 Å². The molecule has 0 radical (unpaired) electrons. The topological polar surface area (TPSA) is 106 Å². The number of sulfone groups is 1. The van der Waals surface area contributed by atoms with Crippen molar-refractivity contribution in [3.8, 4) is 17.0 Å². The maximum atomic E-state index is 13.5. The standard InChI is InChI=1S/C31H31ClFN5O3S2/c1-19(2)43(39,40)12-11-34-20(3)31-38-28(17-42-31)22-7-9-27-25(14-22)30(36-18-35-27)37-24-8-10-29(26(32)15-24)41-16-21-5-4-6-23(33)13-21/h4-10,13-15,17-20,34H,11-12,16H2,1-3H3,(H,35,36,37). The molecule has 0 fully saturated rings. The van der Waals surface area contributed by atoms with Crippen LogP contribution in [0.15, 0.2) is 72.4 Å². The van der Waals surface area contributed by atoms with Crippen LogP contribution < -0.4 is 15.4 Å². The van der Waals surface area contributed by atoms with Crippen molar-refractivity contribution in [2.24, 2.45) is 0 Å². The maximum Gasteiger partial charge on any atom is 0.153 e. The molecule has 0 aliphatic rings. The lowest BCUT2D eigenvalue weighted by atomic mass is 10.1. The monoisotopic (exact) mass is 639 g/mol. The van der Waals surface area contributed by atoms with Crippen LogP contribution in [0.3, 0.4) is 0 Å². The summed E-state index contributed by atoms with van der Waals surface area (Å²) in [5.41, 5.74) is 3.89. The molecule has 2 aromatic heterocycles. The predicted molar refractivity (Wildman–Crippen MR) is 171 cm³/mol. The molecule has 0 saturated heterocycles. The Morgan fingerprint density at radius 3 is 2.65 bits per heavy atom. The first-order chi connectivity index (χ1) is 20.6. The fraction of sp³-hybridized carbons (Fsp3) is 0.258. The second kappa shape index (κ2) is 13.3. The molecule has 2 heterocycles. The molecule has 1 atom stereocenters. The van der Waals surface area contributed by atoms with Gasteiger partial charge in [-0.15, -0.1) is 11.3 Å². The van der Waals surface area contributed by atoms with Gasteiger partial charge in [-0.25, -0.2) is 27.8 Å². The predicted octanol–water partition coefficient (Wildman–Crippen LogP) is 7.34. The van der Waals surface area contributed by atoms with Crippen LogP contribution in [0, 0.1) is 5.82 Å². The molecular formula is C31H31ClFN5O3S2. The van der Waals surface area contributed by atoms with Gasteiger partial charge in [0.2, 0.25) is 0 Å². The quantitative estimate of drug-likeness (QED) is 0.146. The second-order valence-corrected chi connectivity index (χ2v) is 14.3. The van der Waals surface area contributed by atoms with E-state index in [4.69, 9.17) is 21.3 Å². The van der Waals surface area contributed by atoms with E-state index < -0.39 is 15.1 Å². The zero-order valence-corrected chi connectivity index (χ0v) is 26.2. The third kappa shape index (κ3) is 7.66. The molecule has 8 nitrogen and oxygen atoms in total. The summed E-state index contributed by atoms with van der Waals surface area (Å²) in [5, 5.41) is 10.3. The largest absolute Gasteiger partial charge is 0.487 e. The average molecular weight is 640 g/mol. The lowest BCUT2D eigenvalue weighted by Gasteiger charge is -2.13. The molecule has 5 rings (SSSR count). The summed E-state index contributed by atoms with van der Waals surface area (Å²) in [4.78, 5) is 13.7. The molecule has 0 amide bonds. The van der Waals surface area contributed by atoms with Crippen molar-refractivity contribution < 1.29 is 17.5 Å². The molecule has 0 bridgehead atoms. The van der Waals surface area contributed by atoms with Gasteiger partial charge in [0.15, 0.2) is 9.84 Å². The van der Waals surface area contributed by atoms with Crippen molar-refractivity contribution in [3.63, 3.8) is 0 Å². The summed E-state index contributed by atoms with van der Waals surface area (Å²) < 4.78 is 43.5. The molecule has 224 valence electrons. The van der Waals surface area contributed by atoms with Crippen molar-refractivity contribution in [1.82, 2.24) is 20.3 Å². The lowest BCUT2D eigenvalue weighted by molar-refractivity contribution is 0.306. The summed E-state index contributed by atoms with van der Waals surface area (Å²) >= 11 is 8.02. The fourth-order valence-corrected chi connectivity index (χ4v) is 6.26. The summed E-state index contributed by atoms with van der Waals surface area (Å²) in [5.74, 6) is 0.855. The van der Waals surface area contributed by atoms with Gasteiger partial charge in [0.1, 0.15) is 35.3 Å². The molecule has 2 N–H and O–H groups in total. The van der Waals surface area contributed by atoms with E-state index in [1.807, 2.05) is 36.6 Å². The number of hydrogen-bond donors (Lipinski definition) is 2. The molecule has 43 heavy (non-hydrogen) atoms. The Hall–Kier alpha value is -3.64. The minimum atomic E-state index is -3.10. The van der Waals surface area contributed by atoms with Gasteiger partial charge in [0.05, 0.1) is 33.3 Å². The molecule has 1 unspecified atom stereocenters. The van der Waals surface area contributed by atoms with Gasteiger partial charge in [-0.05, 0) is 68.8 Å². The number of thiazole rings is 1. The number of ether oxygens (including phenoxy) is 1. The Morgan fingerprint density at radius 2 is 1.88 bits per heavy atom. The van der Waals surface area contributed by atoms with Gasteiger partial charge in [0.25, 0.3) is 0 Å². The Bertz CT molecular complexity index is 1850. The van der Waals surface area contributed by atoms with Gasteiger partial charge in [0, 0.05) is 28.6 Å². The molecule has 0 aliphatic carbocycles. The van der Waals surface area contributed by atoms with Crippen molar-refractivity contribution in [3.05, 3.63) is 93.8 Å². The smallest absolute Gasteiger partial charge is 0.153 e. The first-order valence-electron chi connectivity index (χ1n) is 13.7. The van der Waals surface area contributed by atoms with Crippen molar-refractivity contribution in [2.45, 2.75) is 38.7 Å². The van der Waals surface area contributed by atoms with Crippen molar-refractivity contribution >= 4 is 55.2 Å². The van der Waals surface area contributed by atoms with Crippen molar-refractivity contribution in [2.75, 3.05) is 17.6 Å². The maximum absolute atomic E-state index is 13.5. The lowest BCUT2D eigenvalue weighted by Crippen LogP contribution is -2.28. The highest BCUT2D eigenvalue weighted by molar-refractivity contribution is 7.92. The minimum absolute atomic E-state index is 0.0869. The number of fused-ring (bicyclic) bond motifs is 1.